The lowest BCUT2D eigenvalue weighted by atomic mass is 9.95. The first-order valence-corrected chi connectivity index (χ1v) is 6.66. The summed E-state index contributed by atoms with van der Waals surface area (Å²) in [5, 5.41) is 0. The first-order chi connectivity index (χ1) is 10.9. The van der Waals surface area contributed by atoms with Crippen molar-refractivity contribution in [3.8, 4) is 5.75 Å². The molecular formula is C16H10F5NO. The fourth-order valence-corrected chi connectivity index (χ4v) is 2.32. The molecule has 0 saturated heterocycles. The van der Waals surface area contributed by atoms with Gasteiger partial charge in [0.25, 0.3) is 6.43 Å². The molecule has 1 atom stereocenters. The first kappa shape index (κ1) is 15.5. The summed E-state index contributed by atoms with van der Waals surface area (Å²) in [5.74, 6) is -0.0218. The van der Waals surface area contributed by atoms with E-state index in [0.29, 0.717) is 5.69 Å². The quantitative estimate of drug-likeness (QED) is 0.755. The van der Waals surface area contributed by atoms with Gasteiger partial charge in [0.1, 0.15) is 5.75 Å². The number of ether oxygens (including phenoxy) is 1. The molecule has 1 unspecified atom stereocenters. The number of hydrogen-bond acceptors (Lipinski definition) is 2. The molecule has 23 heavy (non-hydrogen) atoms. The first-order valence-electron chi connectivity index (χ1n) is 6.66. The fraction of sp³-hybridized carbons (Fsp3) is 0.188. The van der Waals surface area contributed by atoms with Gasteiger partial charge in [-0.25, -0.2) is 8.78 Å². The molecule has 0 N–H and O–H groups in total. The van der Waals surface area contributed by atoms with Crippen LogP contribution >= 0.6 is 0 Å². The van der Waals surface area contributed by atoms with E-state index >= 15 is 0 Å². The largest absolute Gasteiger partial charge is 0.480 e. The number of aromatic nitrogens is 1. The zero-order valence-electron chi connectivity index (χ0n) is 11.5. The number of alkyl halides is 5. The Kier molecular flexibility index (Phi) is 3.79. The molecule has 0 spiro atoms. The van der Waals surface area contributed by atoms with Crippen LogP contribution in [0.5, 0.6) is 5.75 Å². The fourth-order valence-electron chi connectivity index (χ4n) is 2.32. The van der Waals surface area contributed by atoms with E-state index in [2.05, 4.69) is 4.98 Å². The van der Waals surface area contributed by atoms with Gasteiger partial charge in [0.15, 0.2) is 6.10 Å². The summed E-state index contributed by atoms with van der Waals surface area (Å²) in [6.07, 6.45) is -6.32. The third-order valence-corrected chi connectivity index (χ3v) is 3.38. The maximum atomic E-state index is 13.0. The lowest BCUT2D eigenvalue weighted by Gasteiger charge is -2.25. The van der Waals surface area contributed by atoms with Crippen molar-refractivity contribution in [2.24, 2.45) is 0 Å². The monoisotopic (exact) mass is 327 g/mol. The number of benzene rings is 1. The predicted molar refractivity (Wildman–Crippen MR) is 73.2 cm³/mol. The minimum absolute atomic E-state index is 0.0218. The van der Waals surface area contributed by atoms with E-state index in [1.54, 1.807) is 18.2 Å². The van der Waals surface area contributed by atoms with Crippen molar-refractivity contribution < 1.29 is 26.7 Å². The zero-order chi connectivity index (χ0) is 16.6. The van der Waals surface area contributed by atoms with Crippen LogP contribution in [0.15, 0.2) is 48.7 Å². The second kappa shape index (κ2) is 5.64. The van der Waals surface area contributed by atoms with E-state index in [1.165, 1.54) is 6.20 Å². The van der Waals surface area contributed by atoms with E-state index in [4.69, 9.17) is 4.74 Å². The Bertz CT molecular complexity index is 740. The van der Waals surface area contributed by atoms with Crippen molar-refractivity contribution in [1.82, 2.24) is 4.98 Å². The lowest BCUT2D eigenvalue weighted by Crippen LogP contribution is -2.27. The van der Waals surface area contributed by atoms with Crippen LogP contribution in [0.1, 0.15) is 16.8 Å². The molecule has 120 valence electrons. The molecule has 0 amide bonds. The van der Waals surface area contributed by atoms with Crippen LogP contribution in [0.4, 0.5) is 22.0 Å². The maximum absolute atomic E-state index is 13.0. The molecule has 0 saturated carbocycles. The second-order valence-corrected chi connectivity index (χ2v) is 4.92. The Morgan fingerprint density at radius 1 is 1.09 bits per heavy atom. The van der Waals surface area contributed by atoms with Crippen LogP contribution in [0.2, 0.25) is 0 Å². The topological polar surface area (TPSA) is 22.1 Å². The smallest absolute Gasteiger partial charge is 0.416 e. The van der Waals surface area contributed by atoms with Crippen LogP contribution in [0, 0.1) is 0 Å². The van der Waals surface area contributed by atoms with Gasteiger partial charge >= 0.3 is 6.18 Å². The minimum Gasteiger partial charge on any atom is -0.480 e. The average Bonchev–Trinajstić information content (AvgIpc) is 2.53. The van der Waals surface area contributed by atoms with Gasteiger partial charge in [0.2, 0.25) is 0 Å². The molecule has 7 heteroatoms. The van der Waals surface area contributed by atoms with Gasteiger partial charge in [-0.05, 0) is 36.4 Å². The number of fused-ring (bicyclic) bond motifs is 1. The molecule has 2 aromatic rings. The maximum Gasteiger partial charge on any atom is 0.416 e. The Hall–Kier alpha value is -2.44. The SMILES string of the molecule is FC(F)C1C=C(c2ccccn2)c2cc(C(F)(F)F)ccc2O1. The highest BCUT2D eigenvalue weighted by Gasteiger charge is 2.34. The number of pyridine rings is 1. The van der Waals surface area contributed by atoms with Crippen molar-refractivity contribution in [1.29, 1.82) is 0 Å². The molecule has 2 heterocycles. The van der Waals surface area contributed by atoms with Crippen molar-refractivity contribution in [3.05, 3.63) is 65.5 Å². The van der Waals surface area contributed by atoms with Gasteiger partial charge in [-0.1, -0.05) is 6.07 Å². The van der Waals surface area contributed by atoms with Gasteiger partial charge in [0, 0.05) is 17.3 Å². The third kappa shape index (κ3) is 3.04. The molecule has 1 aliphatic rings. The highest BCUT2D eigenvalue weighted by molar-refractivity contribution is 5.83. The van der Waals surface area contributed by atoms with Crippen molar-refractivity contribution >= 4 is 5.57 Å². The molecule has 3 rings (SSSR count). The lowest BCUT2D eigenvalue weighted by molar-refractivity contribution is -0.137. The van der Waals surface area contributed by atoms with E-state index < -0.39 is 24.3 Å². The summed E-state index contributed by atoms with van der Waals surface area (Å²) in [6.45, 7) is 0. The second-order valence-electron chi connectivity index (χ2n) is 4.92. The van der Waals surface area contributed by atoms with Crippen LogP contribution in [-0.2, 0) is 6.18 Å². The van der Waals surface area contributed by atoms with Gasteiger partial charge in [-0.15, -0.1) is 0 Å². The molecule has 2 nitrogen and oxygen atoms in total. The van der Waals surface area contributed by atoms with Crippen LogP contribution < -0.4 is 4.74 Å². The van der Waals surface area contributed by atoms with Crippen molar-refractivity contribution in [2.75, 3.05) is 0 Å². The van der Waals surface area contributed by atoms with E-state index in [-0.39, 0.29) is 16.9 Å². The molecule has 0 radical (unpaired) electrons. The summed E-state index contributed by atoms with van der Waals surface area (Å²) < 4.78 is 69.8. The van der Waals surface area contributed by atoms with E-state index in [0.717, 1.165) is 24.3 Å². The molecule has 0 aliphatic carbocycles. The summed E-state index contributed by atoms with van der Waals surface area (Å²) in [6, 6.07) is 7.55. The highest BCUT2D eigenvalue weighted by atomic mass is 19.4. The summed E-state index contributed by atoms with van der Waals surface area (Å²) >= 11 is 0. The van der Waals surface area contributed by atoms with Gasteiger partial charge in [-0.2, -0.15) is 13.2 Å². The number of nitrogens with zero attached hydrogens (tertiary/aromatic N) is 1. The van der Waals surface area contributed by atoms with Crippen LogP contribution in [0.3, 0.4) is 0 Å². The number of rotatable bonds is 2. The Morgan fingerprint density at radius 2 is 1.87 bits per heavy atom. The van der Waals surface area contributed by atoms with Gasteiger partial charge in [0.05, 0.1) is 11.3 Å². The van der Waals surface area contributed by atoms with Gasteiger partial charge < -0.3 is 4.74 Å². The molecule has 1 aromatic carbocycles. The number of hydrogen-bond donors (Lipinski definition) is 0. The molecular weight excluding hydrogens is 317 g/mol. The predicted octanol–water partition coefficient (Wildman–Crippen LogP) is 4.56. The zero-order valence-corrected chi connectivity index (χ0v) is 11.5. The average molecular weight is 327 g/mol. The summed E-state index contributed by atoms with van der Waals surface area (Å²) in [4.78, 5) is 4.04. The van der Waals surface area contributed by atoms with Crippen molar-refractivity contribution in [2.45, 2.75) is 18.7 Å². The van der Waals surface area contributed by atoms with E-state index in [9.17, 15) is 22.0 Å². The minimum atomic E-state index is -4.54. The van der Waals surface area contributed by atoms with Crippen LogP contribution in [-0.4, -0.2) is 17.5 Å². The van der Waals surface area contributed by atoms with Crippen molar-refractivity contribution in [3.63, 3.8) is 0 Å². The normalized spacial score (nSPS) is 17.5. The highest BCUT2D eigenvalue weighted by Crippen LogP contribution is 2.40. The molecule has 0 bridgehead atoms. The van der Waals surface area contributed by atoms with E-state index in [1.807, 2.05) is 0 Å². The summed E-state index contributed by atoms with van der Waals surface area (Å²) in [5.41, 5.74) is -0.280. The molecule has 0 fully saturated rings. The summed E-state index contributed by atoms with van der Waals surface area (Å²) in [7, 11) is 0. The Labute approximate surface area is 128 Å². The standard InChI is InChI=1S/C16H10F5NO/c17-15(18)14-8-10(12-3-1-2-6-22-12)11-7-9(16(19,20)21)4-5-13(11)23-14/h1-8,14-15H. The third-order valence-electron chi connectivity index (χ3n) is 3.38. The molecule has 1 aliphatic heterocycles. The number of halogens is 5. The molecule has 1 aromatic heterocycles. The van der Waals surface area contributed by atoms with Gasteiger partial charge in [-0.3, -0.25) is 4.98 Å². The van der Waals surface area contributed by atoms with Crippen LogP contribution in [0.25, 0.3) is 5.57 Å². The Balaban J connectivity index is 2.16. The Morgan fingerprint density at radius 3 is 2.48 bits per heavy atom.